The van der Waals surface area contributed by atoms with Crippen LogP contribution in [0.3, 0.4) is 0 Å². The number of aryl methyl sites for hydroxylation is 2. The highest BCUT2D eigenvalue weighted by molar-refractivity contribution is 5.30. The Labute approximate surface area is 122 Å². The van der Waals surface area contributed by atoms with Crippen molar-refractivity contribution in [3.8, 4) is 0 Å². The topological polar surface area (TPSA) is 32.7 Å². The van der Waals surface area contributed by atoms with E-state index in [-0.39, 0.29) is 6.10 Å². The van der Waals surface area contributed by atoms with Crippen LogP contribution >= 0.6 is 0 Å². The summed E-state index contributed by atoms with van der Waals surface area (Å²) in [5.74, 6) is 0. The van der Waals surface area contributed by atoms with Gasteiger partial charge in [0, 0.05) is 25.6 Å². The van der Waals surface area contributed by atoms with Gasteiger partial charge >= 0.3 is 0 Å². The molecule has 20 heavy (non-hydrogen) atoms. The molecule has 1 aliphatic heterocycles. The number of aliphatic hydroxyl groups excluding tert-OH is 1. The maximum atomic E-state index is 10.4. The number of rotatable bonds is 4. The summed E-state index contributed by atoms with van der Waals surface area (Å²) in [4.78, 5) is 2.37. The molecule has 1 fully saturated rings. The summed E-state index contributed by atoms with van der Waals surface area (Å²) >= 11 is 0. The molecule has 0 amide bonds. The van der Waals surface area contributed by atoms with Crippen LogP contribution in [0, 0.1) is 13.8 Å². The van der Waals surface area contributed by atoms with Crippen molar-refractivity contribution in [1.29, 1.82) is 0 Å². The van der Waals surface area contributed by atoms with E-state index in [0.29, 0.717) is 19.1 Å². The van der Waals surface area contributed by atoms with Crippen molar-refractivity contribution in [3.05, 3.63) is 34.9 Å². The van der Waals surface area contributed by atoms with Crippen LogP contribution in [0.15, 0.2) is 18.2 Å². The molecule has 3 heteroatoms. The second-order valence-electron chi connectivity index (χ2n) is 6.19. The molecule has 3 nitrogen and oxygen atoms in total. The maximum absolute atomic E-state index is 10.4. The van der Waals surface area contributed by atoms with Crippen LogP contribution in [-0.2, 0) is 11.2 Å². The van der Waals surface area contributed by atoms with Crippen molar-refractivity contribution in [3.63, 3.8) is 0 Å². The Morgan fingerprint density at radius 2 is 2.05 bits per heavy atom. The zero-order chi connectivity index (χ0) is 14.7. The molecular formula is C17H27NO2. The minimum atomic E-state index is -0.432. The lowest BCUT2D eigenvalue weighted by Crippen LogP contribution is -2.50. The van der Waals surface area contributed by atoms with E-state index in [1.165, 1.54) is 16.7 Å². The molecule has 2 atom stereocenters. The van der Waals surface area contributed by atoms with Gasteiger partial charge in [0.05, 0.1) is 18.8 Å². The zero-order valence-corrected chi connectivity index (χ0v) is 13.1. The molecule has 0 saturated carbocycles. The maximum Gasteiger partial charge on any atom is 0.0964 e. The largest absolute Gasteiger partial charge is 0.390 e. The summed E-state index contributed by atoms with van der Waals surface area (Å²) in [6.45, 7) is 11.1. The number of morpholine rings is 1. The van der Waals surface area contributed by atoms with E-state index in [1.807, 2.05) is 0 Å². The van der Waals surface area contributed by atoms with Gasteiger partial charge in [-0.15, -0.1) is 0 Å². The van der Waals surface area contributed by atoms with Gasteiger partial charge < -0.3 is 9.84 Å². The first-order chi connectivity index (χ1) is 9.47. The van der Waals surface area contributed by atoms with Crippen molar-refractivity contribution < 1.29 is 9.84 Å². The number of benzene rings is 1. The van der Waals surface area contributed by atoms with Gasteiger partial charge in [0.2, 0.25) is 0 Å². The molecule has 1 saturated heterocycles. The van der Waals surface area contributed by atoms with E-state index < -0.39 is 6.10 Å². The Morgan fingerprint density at radius 1 is 1.30 bits per heavy atom. The van der Waals surface area contributed by atoms with E-state index in [1.54, 1.807) is 0 Å². The zero-order valence-electron chi connectivity index (χ0n) is 13.1. The third kappa shape index (κ3) is 3.81. The quantitative estimate of drug-likeness (QED) is 0.917. The SMILES string of the molecule is Cc1ccc(CC(O)C2CN(C(C)C)CCO2)cc1C. The highest BCUT2D eigenvalue weighted by atomic mass is 16.5. The van der Waals surface area contributed by atoms with Crippen LogP contribution < -0.4 is 0 Å². The molecule has 1 heterocycles. The van der Waals surface area contributed by atoms with Gasteiger partial charge in [-0.05, 0) is 44.4 Å². The number of hydrogen-bond acceptors (Lipinski definition) is 3. The molecule has 0 spiro atoms. The van der Waals surface area contributed by atoms with Crippen LogP contribution in [0.4, 0.5) is 0 Å². The van der Waals surface area contributed by atoms with E-state index in [2.05, 4.69) is 50.8 Å². The molecule has 0 aliphatic carbocycles. The molecule has 2 unspecified atom stereocenters. The third-order valence-electron chi connectivity index (χ3n) is 4.30. The van der Waals surface area contributed by atoms with Crippen LogP contribution in [0.25, 0.3) is 0 Å². The van der Waals surface area contributed by atoms with Crippen LogP contribution in [0.1, 0.15) is 30.5 Å². The first-order valence-electron chi connectivity index (χ1n) is 7.57. The number of ether oxygens (including phenoxy) is 1. The lowest BCUT2D eigenvalue weighted by molar-refractivity contribution is -0.0940. The molecule has 1 aromatic carbocycles. The van der Waals surface area contributed by atoms with Crippen molar-refractivity contribution in [2.75, 3.05) is 19.7 Å². The predicted molar refractivity (Wildman–Crippen MR) is 82.1 cm³/mol. The summed E-state index contributed by atoms with van der Waals surface area (Å²) in [5.41, 5.74) is 3.76. The average Bonchev–Trinajstić information content (AvgIpc) is 2.43. The van der Waals surface area contributed by atoms with Crippen molar-refractivity contribution in [2.45, 2.75) is 52.4 Å². The Morgan fingerprint density at radius 3 is 2.70 bits per heavy atom. The lowest BCUT2D eigenvalue weighted by atomic mass is 9.99. The first kappa shape index (κ1) is 15.5. The van der Waals surface area contributed by atoms with Gasteiger partial charge in [0.15, 0.2) is 0 Å². The number of aliphatic hydroxyl groups is 1. The Hall–Kier alpha value is -0.900. The van der Waals surface area contributed by atoms with E-state index >= 15 is 0 Å². The fraction of sp³-hybridized carbons (Fsp3) is 0.647. The third-order valence-corrected chi connectivity index (χ3v) is 4.30. The molecule has 0 radical (unpaired) electrons. The highest BCUT2D eigenvalue weighted by Crippen LogP contribution is 2.17. The summed E-state index contributed by atoms with van der Waals surface area (Å²) in [6, 6.07) is 6.91. The summed E-state index contributed by atoms with van der Waals surface area (Å²) in [7, 11) is 0. The van der Waals surface area contributed by atoms with Gasteiger partial charge in [0.1, 0.15) is 0 Å². The van der Waals surface area contributed by atoms with E-state index in [9.17, 15) is 5.11 Å². The minimum Gasteiger partial charge on any atom is -0.390 e. The highest BCUT2D eigenvalue weighted by Gasteiger charge is 2.28. The summed E-state index contributed by atoms with van der Waals surface area (Å²) in [5, 5.41) is 10.4. The summed E-state index contributed by atoms with van der Waals surface area (Å²) < 4.78 is 5.75. The van der Waals surface area contributed by atoms with Crippen LogP contribution in [0.5, 0.6) is 0 Å². The van der Waals surface area contributed by atoms with Gasteiger partial charge in [0.25, 0.3) is 0 Å². The molecule has 112 valence electrons. The molecule has 0 bridgehead atoms. The van der Waals surface area contributed by atoms with E-state index in [4.69, 9.17) is 4.74 Å². The monoisotopic (exact) mass is 277 g/mol. The Kier molecular flexibility index (Phi) is 5.19. The molecule has 1 N–H and O–H groups in total. The second-order valence-corrected chi connectivity index (χ2v) is 6.19. The fourth-order valence-electron chi connectivity index (χ4n) is 2.70. The van der Waals surface area contributed by atoms with Crippen molar-refractivity contribution in [2.24, 2.45) is 0 Å². The Bertz CT molecular complexity index is 445. The number of nitrogens with zero attached hydrogens (tertiary/aromatic N) is 1. The molecule has 2 rings (SSSR count). The summed E-state index contributed by atoms with van der Waals surface area (Å²) in [6.07, 6.45) is 0.156. The van der Waals surface area contributed by atoms with E-state index in [0.717, 1.165) is 13.1 Å². The first-order valence-corrected chi connectivity index (χ1v) is 7.57. The predicted octanol–water partition coefficient (Wildman–Crippen LogP) is 2.32. The standard InChI is InChI=1S/C17H27NO2/c1-12(2)18-7-8-20-17(11-18)16(19)10-15-6-5-13(3)14(4)9-15/h5-6,9,12,16-17,19H,7-8,10-11H2,1-4H3. The van der Waals surface area contributed by atoms with Crippen LogP contribution in [-0.4, -0.2) is 48.0 Å². The number of hydrogen-bond donors (Lipinski definition) is 1. The molecule has 1 aliphatic rings. The van der Waals surface area contributed by atoms with Gasteiger partial charge in [-0.3, -0.25) is 4.90 Å². The van der Waals surface area contributed by atoms with Gasteiger partial charge in [-0.2, -0.15) is 0 Å². The van der Waals surface area contributed by atoms with Crippen molar-refractivity contribution >= 4 is 0 Å². The lowest BCUT2D eigenvalue weighted by Gasteiger charge is -2.37. The Balaban J connectivity index is 1.96. The molecular weight excluding hydrogens is 250 g/mol. The molecule has 0 aromatic heterocycles. The van der Waals surface area contributed by atoms with Crippen LogP contribution in [0.2, 0.25) is 0 Å². The van der Waals surface area contributed by atoms with Gasteiger partial charge in [-0.1, -0.05) is 18.2 Å². The fourth-order valence-corrected chi connectivity index (χ4v) is 2.70. The average molecular weight is 277 g/mol. The normalized spacial score (nSPS) is 22.2. The van der Waals surface area contributed by atoms with Crippen molar-refractivity contribution in [1.82, 2.24) is 4.90 Å². The smallest absolute Gasteiger partial charge is 0.0964 e. The minimum absolute atomic E-state index is 0.0761. The molecule has 1 aromatic rings. The second kappa shape index (κ2) is 6.70. The van der Waals surface area contributed by atoms with Gasteiger partial charge in [-0.25, -0.2) is 0 Å².